The molecule has 27 heavy (non-hydrogen) atoms. The van der Waals surface area contributed by atoms with Crippen molar-refractivity contribution in [2.75, 3.05) is 0 Å². The van der Waals surface area contributed by atoms with Gasteiger partial charge in [-0.05, 0) is 61.1 Å². The summed E-state index contributed by atoms with van der Waals surface area (Å²) in [5.74, 6) is 0. The highest BCUT2D eigenvalue weighted by molar-refractivity contribution is 5.84. The lowest BCUT2D eigenvalue weighted by Crippen LogP contribution is -2.47. The van der Waals surface area contributed by atoms with Gasteiger partial charge in [0.1, 0.15) is 0 Å². The minimum absolute atomic E-state index is 0.569. The van der Waals surface area contributed by atoms with Crippen LogP contribution in [-0.4, -0.2) is 22.0 Å². The van der Waals surface area contributed by atoms with E-state index in [1.165, 1.54) is 41.3 Å². The van der Waals surface area contributed by atoms with E-state index in [0.29, 0.717) is 12.1 Å². The number of fused-ring (bicyclic) bond motifs is 3. The minimum Gasteiger partial charge on any atom is -0.289 e. The van der Waals surface area contributed by atoms with Crippen molar-refractivity contribution in [3.63, 3.8) is 0 Å². The summed E-state index contributed by atoms with van der Waals surface area (Å²) in [6, 6.07) is 23.3. The molecule has 0 aliphatic carbocycles. The Morgan fingerprint density at radius 1 is 1.00 bits per heavy atom. The van der Waals surface area contributed by atoms with Crippen LogP contribution in [0.25, 0.3) is 16.5 Å². The number of rotatable bonds is 3. The normalized spacial score (nSPS) is 22.6. The van der Waals surface area contributed by atoms with Gasteiger partial charge in [0.05, 0.1) is 5.52 Å². The highest BCUT2D eigenvalue weighted by atomic mass is 15.2. The monoisotopic (exact) mass is 354 g/mol. The van der Waals surface area contributed by atoms with E-state index in [4.69, 9.17) is 0 Å². The maximum Gasteiger partial charge on any atom is 0.0705 e. The molecule has 0 N–H and O–H groups in total. The van der Waals surface area contributed by atoms with Gasteiger partial charge >= 0.3 is 0 Å². The third kappa shape index (κ3) is 3.30. The lowest BCUT2D eigenvalue weighted by Gasteiger charge is -2.45. The van der Waals surface area contributed by atoms with E-state index >= 15 is 0 Å². The molecule has 2 atom stereocenters. The largest absolute Gasteiger partial charge is 0.289 e. The lowest BCUT2D eigenvalue weighted by molar-refractivity contribution is 0.0951. The summed E-state index contributed by atoms with van der Waals surface area (Å²) in [4.78, 5) is 7.38. The fourth-order valence-corrected chi connectivity index (χ4v) is 4.80. The number of piperidine rings is 1. The van der Waals surface area contributed by atoms with Gasteiger partial charge in [0, 0.05) is 29.7 Å². The van der Waals surface area contributed by atoms with Crippen molar-refractivity contribution in [2.24, 2.45) is 0 Å². The molecule has 1 saturated heterocycles. The van der Waals surface area contributed by atoms with E-state index in [0.717, 1.165) is 24.2 Å². The van der Waals surface area contributed by atoms with Gasteiger partial charge in [-0.15, -0.1) is 0 Å². The van der Waals surface area contributed by atoms with Crippen molar-refractivity contribution in [1.29, 1.82) is 0 Å². The van der Waals surface area contributed by atoms with Crippen LogP contribution in [0.5, 0.6) is 0 Å². The van der Waals surface area contributed by atoms with Crippen LogP contribution in [0.3, 0.4) is 0 Å². The SMILES string of the molecule is Cc1ccc2cc(C3=CC4CCCC(C3)N4Cc3ccccc3)ccc2n1. The molecule has 5 rings (SSSR count). The van der Waals surface area contributed by atoms with Gasteiger partial charge in [0.2, 0.25) is 0 Å². The van der Waals surface area contributed by atoms with E-state index in [9.17, 15) is 0 Å². The number of hydrogen-bond acceptors (Lipinski definition) is 2. The Morgan fingerprint density at radius 2 is 1.89 bits per heavy atom. The summed E-state index contributed by atoms with van der Waals surface area (Å²) in [6.07, 6.45) is 7.65. The van der Waals surface area contributed by atoms with Crippen LogP contribution in [0, 0.1) is 6.92 Å². The molecule has 2 aromatic carbocycles. The zero-order valence-electron chi connectivity index (χ0n) is 15.9. The first-order valence-corrected chi connectivity index (χ1v) is 10.1. The van der Waals surface area contributed by atoms with Crippen LogP contribution in [0.4, 0.5) is 0 Å². The summed E-state index contributed by atoms with van der Waals surface area (Å²) >= 11 is 0. The topological polar surface area (TPSA) is 16.1 Å². The third-order valence-corrected chi connectivity index (χ3v) is 6.19. The Bertz CT molecular complexity index is 990. The second kappa shape index (κ2) is 6.94. The van der Waals surface area contributed by atoms with Gasteiger partial charge < -0.3 is 0 Å². The standard InChI is InChI=1S/C25H26N2/c1-18-10-11-21-14-20(12-13-25(21)26-18)22-15-23-8-5-9-24(16-22)27(23)17-19-6-3-2-4-7-19/h2-4,6-7,10-15,23-24H,5,8-9,16-17H2,1H3. The number of nitrogens with zero attached hydrogens (tertiary/aromatic N) is 2. The number of aryl methyl sites for hydroxylation is 1. The Labute approximate surface area is 161 Å². The number of pyridine rings is 1. The molecular weight excluding hydrogens is 328 g/mol. The number of hydrogen-bond donors (Lipinski definition) is 0. The van der Waals surface area contributed by atoms with Gasteiger partial charge in [0.25, 0.3) is 0 Å². The Balaban J connectivity index is 1.45. The average molecular weight is 354 g/mol. The molecule has 136 valence electrons. The molecule has 0 saturated carbocycles. The van der Waals surface area contributed by atoms with Gasteiger partial charge in [-0.1, -0.05) is 55.0 Å². The van der Waals surface area contributed by atoms with Crippen LogP contribution >= 0.6 is 0 Å². The molecule has 2 nitrogen and oxygen atoms in total. The molecule has 3 heterocycles. The molecule has 0 amide bonds. The van der Waals surface area contributed by atoms with E-state index < -0.39 is 0 Å². The smallest absolute Gasteiger partial charge is 0.0705 e. The molecule has 2 unspecified atom stereocenters. The fourth-order valence-electron chi connectivity index (χ4n) is 4.80. The van der Waals surface area contributed by atoms with Crippen molar-refractivity contribution >= 4 is 16.5 Å². The average Bonchev–Trinajstić information content (AvgIpc) is 2.68. The fraction of sp³-hybridized carbons (Fsp3) is 0.320. The molecule has 2 aliphatic rings. The van der Waals surface area contributed by atoms with Crippen molar-refractivity contribution < 1.29 is 0 Å². The third-order valence-electron chi connectivity index (χ3n) is 6.19. The molecular formula is C25H26N2. The van der Waals surface area contributed by atoms with Crippen LogP contribution in [-0.2, 0) is 6.54 Å². The summed E-state index contributed by atoms with van der Waals surface area (Å²) in [5.41, 5.74) is 6.51. The lowest BCUT2D eigenvalue weighted by atomic mass is 9.82. The molecule has 1 fully saturated rings. The maximum absolute atomic E-state index is 4.65. The van der Waals surface area contributed by atoms with Crippen molar-refractivity contribution in [1.82, 2.24) is 9.88 Å². The first-order chi connectivity index (χ1) is 13.3. The van der Waals surface area contributed by atoms with Gasteiger partial charge in [-0.3, -0.25) is 9.88 Å². The van der Waals surface area contributed by atoms with E-state index in [-0.39, 0.29) is 0 Å². The first kappa shape index (κ1) is 16.7. The van der Waals surface area contributed by atoms with Gasteiger partial charge in [-0.2, -0.15) is 0 Å². The Kier molecular flexibility index (Phi) is 4.29. The van der Waals surface area contributed by atoms with Gasteiger partial charge in [-0.25, -0.2) is 0 Å². The van der Waals surface area contributed by atoms with E-state index in [1.54, 1.807) is 0 Å². The Morgan fingerprint density at radius 3 is 2.74 bits per heavy atom. The first-order valence-electron chi connectivity index (χ1n) is 10.1. The highest BCUT2D eigenvalue weighted by Gasteiger charge is 2.34. The Hall–Kier alpha value is -2.45. The highest BCUT2D eigenvalue weighted by Crippen LogP contribution is 2.38. The van der Waals surface area contributed by atoms with Crippen LogP contribution in [0.15, 0.2) is 66.7 Å². The zero-order chi connectivity index (χ0) is 18.2. The van der Waals surface area contributed by atoms with Crippen molar-refractivity contribution in [3.8, 4) is 0 Å². The summed E-state index contributed by atoms with van der Waals surface area (Å²) < 4.78 is 0. The maximum atomic E-state index is 4.65. The van der Waals surface area contributed by atoms with E-state index in [1.807, 2.05) is 0 Å². The quantitative estimate of drug-likeness (QED) is 0.595. The second-order valence-corrected chi connectivity index (χ2v) is 8.07. The molecule has 2 bridgehead atoms. The van der Waals surface area contributed by atoms with Crippen molar-refractivity contribution in [2.45, 2.75) is 51.2 Å². The summed E-state index contributed by atoms with van der Waals surface area (Å²) in [7, 11) is 0. The molecule has 3 aromatic rings. The molecule has 1 aromatic heterocycles. The zero-order valence-corrected chi connectivity index (χ0v) is 15.9. The van der Waals surface area contributed by atoms with Gasteiger partial charge in [0.15, 0.2) is 0 Å². The predicted octanol–water partition coefficient (Wildman–Crippen LogP) is 5.75. The van der Waals surface area contributed by atoms with Crippen LogP contribution < -0.4 is 0 Å². The number of aromatic nitrogens is 1. The van der Waals surface area contributed by atoms with E-state index in [2.05, 4.69) is 83.5 Å². The second-order valence-electron chi connectivity index (χ2n) is 8.07. The molecule has 2 heteroatoms. The predicted molar refractivity (Wildman–Crippen MR) is 112 cm³/mol. The minimum atomic E-state index is 0.569. The van der Waals surface area contributed by atoms with Crippen molar-refractivity contribution in [3.05, 3.63) is 83.6 Å². The molecule has 0 radical (unpaired) electrons. The summed E-state index contributed by atoms with van der Waals surface area (Å²) in [5, 5.41) is 1.25. The number of benzene rings is 2. The molecule has 0 spiro atoms. The summed E-state index contributed by atoms with van der Waals surface area (Å²) in [6.45, 7) is 3.13. The van der Waals surface area contributed by atoms with Crippen LogP contribution in [0.2, 0.25) is 0 Å². The van der Waals surface area contributed by atoms with Crippen LogP contribution in [0.1, 0.15) is 42.5 Å². The molecule has 2 aliphatic heterocycles.